The van der Waals surface area contributed by atoms with Gasteiger partial charge >= 0.3 is 0 Å². The smallest absolute Gasteiger partial charge is 0.293 e. The highest BCUT2D eigenvalue weighted by Gasteiger charge is 2.46. The molecule has 0 radical (unpaired) electrons. The van der Waals surface area contributed by atoms with Gasteiger partial charge in [0.2, 0.25) is 11.8 Å². The Labute approximate surface area is 613 Å². The molecule has 4 saturated heterocycles. The van der Waals surface area contributed by atoms with Crippen molar-refractivity contribution in [1.82, 2.24) is 34.7 Å². The van der Waals surface area contributed by atoms with Crippen LogP contribution in [0.4, 0.5) is 22.7 Å². The van der Waals surface area contributed by atoms with Crippen LogP contribution in [0.2, 0.25) is 5.02 Å². The summed E-state index contributed by atoms with van der Waals surface area (Å²) in [6, 6.07) is 30.1. The molecule has 5 aliphatic heterocycles. The normalized spacial score (nSPS) is 17.1. The highest BCUT2D eigenvalue weighted by Crippen LogP contribution is 2.38. The number of piperazine rings is 1. The summed E-state index contributed by atoms with van der Waals surface area (Å²) in [6.45, 7) is 13.1. The number of halogens is 1. The Morgan fingerprint density at radius 3 is 2.12 bits per heavy atom. The van der Waals surface area contributed by atoms with Crippen LogP contribution < -0.4 is 35.0 Å². The molecule has 7 aromatic rings. The second kappa shape index (κ2) is 36.7. The Hall–Kier alpha value is -9.14. The number of nitro benzene ring substituents is 1. The number of aromatic amines is 1. The zero-order valence-electron chi connectivity index (χ0n) is 58.4. The van der Waals surface area contributed by atoms with Crippen LogP contribution in [0.25, 0.3) is 22.2 Å². The zero-order valence-corrected chi connectivity index (χ0v) is 60.0. The predicted molar refractivity (Wildman–Crippen MR) is 392 cm³/mol. The van der Waals surface area contributed by atoms with E-state index in [2.05, 4.69) is 57.5 Å². The number of nitro groups is 1. The highest BCUT2D eigenvalue weighted by molar-refractivity contribution is 7.90. The van der Waals surface area contributed by atoms with Gasteiger partial charge in [0.25, 0.3) is 33.4 Å². The van der Waals surface area contributed by atoms with E-state index in [1.54, 1.807) is 42.6 Å². The van der Waals surface area contributed by atoms with Crippen molar-refractivity contribution >= 4 is 84.9 Å². The van der Waals surface area contributed by atoms with Crippen LogP contribution in [-0.2, 0) is 54.6 Å². The van der Waals surface area contributed by atoms with Crippen molar-refractivity contribution in [2.24, 2.45) is 11.8 Å². The third-order valence-corrected chi connectivity index (χ3v) is 20.9. The Bertz CT molecular complexity index is 4300. The summed E-state index contributed by atoms with van der Waals surface area (Å²) in [4.78, 5) is 91.3. The molecule has 5 amide bonds. The lowest BCUT2D eigenvalue weighted by molar-refractivity contribution is -0.384. The third kappa shape index (κ3) is 20.1. The first-order valence-corrected chi connectivity index (χ1v) is 37.6. The van der Waals surface area contributed by atoms with Crippen molar-refractivity contribution in [3.8, 4) is 28.4 Å². The Balaban J connectivity index is 0.544. The maximum absolute atomic E-state index is 14.2. The molecule has 1 atom stereocenters. The summed E-state index contributed by atoms with van der Waals surface area (Å²) in [5.74, 6) is -1.33. The Morgan fingerprint density at radius 1 is 0.695 bits per heavy atom. The topological polar surface area (TPSA) is 326 Å². The Kier molecular flexibility index (Phi) is 26.4. The summed E-state index contributed by atoms with van der Waals surface area (Å²) in [7, 11) is -4.62. The number of carbonyl (C=O) groups is 5. The molecule has 0 bridgehead atoms. The van der Waals surface area contributed by atoms with Gasteiger partial charge < -0.3 is 63.3 Å². The molecule has 4 fully saturated rings. The van der Waals surface area contributed by atoms with E-state index in [-0.39, 0.29) is 46.9 Å². The summed E-state index contributed by atoms with van der Waals surface area (Å²) in [5.41, 5.74) is 5.08. The van der Waals surface area contributed by atoms with E-state index in [4.69, 9.17) is 49.5 Å². The number of piperidine rings is 2. The lowest BCUT2D eigenvalue weighted by Gasteiger charge is -2.37. The average molecular weight is 1480 g/mol. The number of imide groups is 2. The van der Waals surface area contributed by atoms with Gasteiger partial charge in [0.1, 0.15) is 34.6 Å². The molecule has 0 aliphatic carbocycles. The molecule has 7 heterocycles. The molecule has 28 nitrogen and oxygen atoms in total. The number of H-pyrrole nitrogens is 1. The van der Waals surface area contributed by atoms with Gasteiger partial charge in [0, 0.05) is 124 Å². The van der Waals surface area contributed by atoms with E-state index in [0.717, 1.165) is 96.2 Å². The molecule has 0 saturated carbocycles. The minimum atomic E-state index is -4.62. The number of ether oxygens (including phenoxy) is 8. The number of nitrogens with one attached hydrogen (secondary N) is 5. The molecule has 105 heavy (non-hydrogen) atoms. The molecule has 5 aliphatic rings. The number of fused-ring (bicyclic) bond motifs is 2. The maximum Gasteiger partial charge on any atom is 0.293 e. The number of benzene rings is 5. The van der Waals surface area contributed by atoms with E-state index in [9.17, 15) is 42.5 Å². The van der Waals surface area contributed by atoms with Gasteiger partial charge in [-0.25, -0.2) is 18.1 Å². The van der Waals surface area contributed by atoms with Crippen molar-refractivity contribution < 1.29 is 75.2 Å². The van der Waals surface area contributed by atoms with Crippen LogP contribution >= 0.6 is 11.6 Å². The van der Waals surface area contributed by atoms with E-state index < -0.39 is 61.1 Å². The quantitative estimate of drug-likeness (QED) is 0.0105. The summed E-state index contributed by atoms with van der Waals surface area (Å²) in [6.07, 6.45) is 7.95. The van der Waals surface area contributed by atoms with Crippen LogP contribution in [0.5, 0.6) is 17.2 Å². The van der Waals surface area contributed by atoms with Gasteiger partial charge in [-0.3, -0.25) is 49.2 Å². The first kappa shape index (κ1) is 75.5. The monoisotopic (exact) mass is 1480 g/mol. The highest BCUT2D eigenvalue weighted by atomic mass is 35.5. The fraction of sp³-hybridized carbons (Fsp3) is 0.440. The van der Waals surface area contributed by atoms with Crippen LogP contribution in [0, 0.1) is 22.0 Å². The number of anilines is 3. The van der Waals surface area contributed by atoms with Gasteiger partial charge in [-0.2, -0.15) is 0 Å². The summed E-state index contributed by atoms with van der Waals surface area (Å²) >= 11 is 6.39. The van der Waals surface area contributed by atoms with Crippen molar-refractivity contribution in [1.29, 1.82) is 0 Å². The Morgan fingerprint density at radius 2 is 1.40 bits per heavy atom. The lowest BCUT2D eigenvalue weighted by atomic mass is 9.96. The number of carbonyl (C=O) groups excluding carboxylic acids is 5. The fourth-order valence-corrected chi connectivity index (χ4v) is 14.6. The molecule has 30 heteroatoms. The fourth-order valence-electron chi connectivity index (χ4n) is 13.5. The van der Waals surface area contributed by atoms with Crippen LogP contribution in [0.3, 0.4) is 0 Å². The molecule has 558 valence electrons. The number of hydrogen-bond acceptors (Lipinski definition) is 23. The largest absolute Gasteiger partial charge is 0.493 e. The van der Waals surface area contributed by atoms with Crippen LogP contribution in [-0.4, -0.2) is 218 Å². The van der Waals surface area contributed by atoms with Gasteiger partial charge in [0.05, 0.1) is 98.8 Å². The van der Waals surface area contributed by atoms with Gasteiger partial charge in [-0.1, -0.05) is 41.9 Å². The second-order valence-corrected chi connectivity index (χ2v) is 28.5. The first-order valence-electron chi connectivity index (χ1n) is 35.7. The van der Waals surface area contributed by atoms with Crippen molar-refractivity contribution in [3.05, 3.63) is 159 Å². The predicted octanol–water partition coefficient (Wildman–Crippen LogP) is 8.94. The summed E-state index contributed by atoms with van der Waals surface area (Å²) < 4.78 is 77.1. The molecule has 12 rings (SSSR count). The van der Waals surface area contributed by atoms with Crippen LogP contribution in [0.1, 0.15) is 81.6 Å². The number of pyridine rings is 1. The van der Waals surface area contributed by atoms with E-state index in [0.29, 0.717) is 160 Å². The molecular weight excluding hydrogens is 1390 g/mol. The van der Waals surface area contributed by atoms with Gasteiger partial charge in [-0.05, 0) is 141 Å². The average Bonchev–Trinajstić information content (AvgIpc) is 1.62. The maximum atomic E-state index is 14.2. The minimum Gasteiger partial charge on any atom is -0.493 e. The van der Waals surface area contributed by atoms with Crippen LogP contribution in [0.15, 0.2) is 126 Å². The van der Waals surface area contributed by atoms with Crippen molar-refractivity contribution in [3.63, 3.8) is 0 Å². The number of nitrogens with zero attached hydrogens (tertiary/aromatic N) is 6. The SMILES string of the molecule is O=C1CCC(N2C(=O)c3cccc(NCCOCCOCCOCCOCCOCCCN4CCC(COc5cccc(-c6ccc(Cl)cc6)c5CN5CCN(c6ccc(C(=O)NS(=O)(=O)c7ccc(NCC8CCOCC8)c([N+](=O)[O-])c7)c(Oc7cnc8[nH]ccc8c7)c6)CC5)CC4)c3C2=O)C(=O)N1. The number of likely N-dealkylation sites (tertiary alicyclic amines) is 1. The zero-order chi connectivity index (χ0) is 73.1. The number of rotatable bonds is 37. The van der Waals surface area contributed by atoms with E-state index in [1.807, 2.05) is 36.4 Å². The minimum absolute atomic E-state index is 0.0506. The molecule has 2 aromatic heterocycles. The number of sulfonamides is 1. The molecular formula is C75H88ClN11O17S. The molecule has 5 N–H and O–H groups in total. The second-order valence-electron chi connectivity index (χ2n) is 26.3. The molecule has 1 unspecified atom stereocenters. The lowest BCUT2D eigenvalue weighted by Crippen LogP contribution is -2.54. The van der Waals surface area contributed by atoms with Gasteiger partial charge in [0.15, 0.2) is 0 Å². The van der Waals surface area contributed by atoms with E-state index in [1.165, 1.54) is 24.4 Å². The number of aromatic nitrogens is 2. The van der Waals surface area contributed by atoms with Gasteiger partial charge in [-0.15, -0.1) is 0 Å². The first-order chi connectivity index (χ1) is 51.1. The molecule has 5 aromatic carbocycles. The third-order valence-electron chi connectivity index (χ3n) is 19.3. The van der Waals surface area contributed by atoms with Crippen molar-refractivity contribution in [2.75, 3.05) is 160 Å². The summed E-state index contributed by atoms with van der Waals surface area (Å²) in [5, 5.41) is 22.1. The van der Waals surface area contributed by atoms with Crippen molar-refractivity contribution in [2.45, 2.75) is 62.4 Å². The molecule has 0 spiro atoms. The number of amides is 5. The standard InChI is InChI=1S/C75H88ClN11O17S/c76-55-10-8-53(9-11-55)59-4-2-7-67(103-50-52-19-26-83(27-20-52)25-3-32-97-36-38-100-40-42-102-43-41-101-39-37-99-35-24-77-64-6-1-5-61-70(64)75(92)86(74(61)91)65-16-17-69(88)81-73(65)90)62(59)49-84-28-30-85(31-29-84)56-12-14-60(68(45-56)104-57-44-54-18-23-78-71(54)80-48-57)72(89)82-105(95,96)58-13-15-63(66(46-58)87(93)94)79-47-51-21-33-98-34-22-51/h1-2,4-15,18,23,44-46,48,51-52,65,77,79H,3,16-17,19-22,24-43,47,49-50H2,(H,78,80)(H,82,89)(H,81,88,90). The van der Waals surface area contributed by atoms with E-state index >= 15 is 0 Å². The number of hydrogen-bond donors (Lipinski definition) is 5.